The van der Waals surface area contributed by atoms with E-state index in [1.165, 1.54) is 7.11 Å². The largest absolute Gasteiger partial charge is 0.511 e. The lowest BCUT2D eigenvalue weighted by molar-refractivity contribution is -0.144. The van der Waals surface area contributed by atoms with Crippen LogP contribution in [0, 0.1) is 45.3 Å². The molecule has 1 unspecified atom stereocenters. The minimum absolute atomic E-state index is 0.00848. The van der Waals surface area contributed by atoms with Crippen molar-refractivity contribution in [3.8, 4) is 6.07 Å². The molecule has 3 aliphatic carbocycles. The molecule has 0 spiro atoms. The van der Waals surface area contributed by atoms with Crippen molar-refractivity contribution in [1.29, 1.82) is 5.26 Å². The molecule has 5 nitrogen and oxygen atoms in total. The maximum atomic E-state index is 12.4. The van der Waals surface area contributed by atoms with Crippen LogP contribution in [0.25, 0.3) is 0 Å². The molecule has 0 aliphatic heterocycles. The number of carbonyl (C=O) groups is 2. The fourth-order valence-electron chi connectivity index (χ4n) is 5.77. The predicted molar refractivity (Wildman–Crippen MR) is 91.1 cm³/mol. The number of aldehydes is 1. The van der Waals surface area contributed by atoms with E-state index >= 15 is 0 Å². The van der Waals surface area contributed by atoms with E-state index in [9.17, 15) is 20.0 Å². The van der Waals surface area contributed by atoms with Gasteiger partial charge in [0.1, 0.15) is 12.0 Å². The van der Waals surface area contributed by atoms with Crippen LogP contribution in [0.15, 0.2) is 23.5 Å². The molecule has 0 aromatic rings. The SMILES string of the molecule is COC(=O)C1=C(O)C(C)(C)C2C=C[C@H]3C[C@@H](C#N)C[C@@]3(C=O)[C@@]2(C)C1. The van der Waals surface area contributed by atoms with Gasteiger partial charge in [0.2, 0.25) is 0 Å². The van der Waals surface area contributed by atoms with E-state index in [1.807, 2.05) is 20.8 Å². The summed E-state index contributed by atoms with van der Waals surface area (Å²) in [6.45, 7) is 5.82. The van der Waals surface area contributed by atoms with Gasteiger partial charge in [0.15, 0.2) is 0 Å². The fourth-order valence-corrected chi connectivity index (χ4v) is 5.77. The van der Waals surface area contributed by atoms with Crippen molar-refractivity contribution in [2.45, 2.75) is 40.0 Å². The van der Waals surface area contributed by atoms with E-state index in [1.54, 1.807) is 0 Å². The maximum Gasteiger partial charge on any atom is 0.337 e. The number of aliphatic hydroxyl groups excluding tert-OH is 1. The lowest BCUT2D eigenvalue weighted by Crippen LogP contribution is -2.57. The first-order valence-corrected chi connectivity index (χ1v) is 8.73. The number of hydrogen-bond donors (Lipinski definition) is 1. The molecule has 0 amide bonds. The molecule has 0 bridgehead atoms. The Hall–Kier alpha value is -2.09. The molecule has 0 saturated heterocycles. The first-order valence-electron chi connectivity index (χ1n) is 8.73. The van der Waals surface area contributed by atoms with Crippen LogP contribution in [-0.4, -0.2) is 24.5 Å². The molecule has 3 rings (SSSR count). The van der Waals surface area contributed by atoms with Crippen molar-refractivity contribution in [2.75, 3.05) is 7.11 Å². The number of aliphatic hydroxyl groups is 1. The number of ether oxygens (including phenoxy) is 1. The van der Waals surface area contributed by atoms with E-state index in [0.29, 0.717) is 12.8 Å². The van der Waals surface area contributed by atoms with Gasteiger partial charge in [0.05, 0.1) is 18.8 Å². The van der Waals surface area contributed by atoms with Gasteiger partial charge in [0.25, 0.3) is 0 Å². The Morgan fingerprint density at radius 2 is 2.08 bits per heavy atom. The summed E-state index contributed by atoms with van der Waals surface area (Å²) in [5.74, 6) is -0.786. The Morgan fingerprint density at radius 1 is 1.40 bits per heavy atom. The van der Waals surface area contributed by atoms with Gasteiger partial charge in [-0.2, -0.15) is 5.26 Å². The first kappa shape index (κ1) is 17.7. The summed E-state index contributed by atoms with van der Waals surface area (Å²) in [5.41, 5.74) is -1.70. The van der Waals surface area contributed by atoms with E-state index in [2.05, 4.69) is 18.2 Å². The second-order valence-electron chi connectivity index (χ2n) is 8.53. The van der Waals surface area contributed by atoms with Crippen molar-refractivity contribution >= 4 is 12.3 Å². The van der Waals surface area contributed by atoms with Gasteiger partial charge in [-0.15, -0.1) is 0 Å². The average Bonchev–Trinajstić information content (AvgIpc) is 2.98. The minimum atomic E-state index is -0.704. The highest BCUT2D eigenvalue weighted by molar-refractivity contribution is 5.90. The second kappa shape index (κ2) is 5.45. The molecule has 134 valence electrons. The van der Waals surface area contributed by atoms with Gasteiger partial charge in [-0.05, 0) is 36.5 Å². The molecule has 0 radical (unpaired) electrons. The summed E-state index contributed by atoms with van der Waals surface area (Å²) >= 11 is 0. The fraction of sp³-hybridized carbons (Fsp3) is 0.650. The van der Waals surface area contributed by atoms with Crippen LogP contribution in [0.4, 0.5) is 0 Å². The normalized spacial score (nSPS) is 41.5. The number of allylic oxidation sites excluding steroid dienone is 3. The molecular formula is C20H25NO4. The van der Waals surface area contributed by atoms with Gasteiger partial charge in [0, 0.05) is 16.7 Å². The summed E-state index contributed by atoms with van der Waals surface area (Å²) < 4.78 is 4.88. The lowest BCUT2D eigenvalue weighted by atomic mass is 9.43. The molecule has 1 saturated carbocycles. The Bertz CT molecular complexity index is 728. The number of carbonyl (C=O) groups excluding carboxylic acids is 2. The minimum Gasteiger partial charge on any atom is -0.511 e. The molecule has 0 aromatic heterocycles. The van der Waals surface area contributed by atoms with Gasteiger partial charge < -0.3 is 14.6 Å². The van der Waals surface area contributed by atoms with Crippen LogP contribution < -0.4 is 0 Å². The summed E-state index contributed by atoms with van der Waals surface area (Å²) in [4.78, 5) is 24.7. The Labute approximate surface area is 148 Å². The number of nitrogens with zero attached hydrogens (tertiary/aromatic N) is 1. The van der Waals surface area contributed by atoms with Crippen LogP contribution in [0.5, 0.6) is 0 Å². The Balaban J connectivity index is 2.21. The summed E-state index contributed by atoms with van der Waals surface area (Å²) in [7, 11) is 1.30. The zero-order valence-electron chi connectivity index (χ0n) is 15.2. The van der Waals surface area contributed by atoms with Crippen LogP contribution in [0.1, 0.15) is 40.0 Å². The molecule has 0 aromatic carbocycles. The van der Waals surface area contributed by atoms with Crippen molar-refractivity contribution < 1.29 is 19.4 Å². The summed E-state index contributed by atoms with van der Waals surface area (Å²) in [5, 5.41) is 20.2. The third kappa shape index (κ3) is 2.06. The van der Waals surface area contributed by atoms with Gasteiger partial charge >= 0.3 is 5.97 Å². The molecule has 0 heterocycles. The summed E-state index contributed by atoms with van der Waals surface area (Å²) in [6.07, 6.45) is 6.58. The van der Waals surface area contributed by atoms with Gasteiger partial charge in [-0.1, -0.05) is 32.9 Å². The molecule has 1 N–H and O–H groups in total. The van der Waals surface area contributed by atoms with Gasteiger partial charge in [-0.3, -0.25) is 0 Å². The highest BCUT2D eigenvalue weighted by Gasteiger charge is 2.66. The zero-order chi connectivity index (χ0) is 18.6. The zero-order valence-corrected chi connectivity index (χ0v) is 15.2. The smallest absolute Gasteiger partial charge is 0.337 e. The number of nitriles is 1. The predicted octanol–water partition coefficient (Wildman–Crippen LogP) is 3.33. The highest BCUT2D eigenvalue weighted by Crippen LogP contribution is 2.69. The van der Waals surface area contributed by atoms with Crippen molar-refractivity contribution in [3.63, 3.8) is 0 Å². The summed E-state index contributed by atoms with van der Waals surface area (Å²) in [6, 6.07) is 2.32. The maximum absolute atomic E-state index is 12.4. The van der Waals surface area contributed by atoms with Gasteiger partial charge in [-0.25, -0.2) is 4.79 Å². The Morgan fingerprint density at radius 3 is 2.64 bits per heavy atom. The number of fused-ring (bicyclic) bond motifs is 3. The molecular weight excluding hydrogens is 318 g/mol. The molecule has 25 heavy (non-hydrogen) atoms. The van der Waals surface area contributed by atoms with E-state index < -0.39 is 22.2 Å². The quantitative estimate of drug-likeness (QED) is 0.472. The van der Waals surface area contributed by atoms with Crippen LogP contribution in [0.3, 0.4) is 0 Å². The van der Waals surface area contributed by atoms with Crippen LogP contribution >= 0.6 is 0 Å². The standard InChI is InChI=1S/C20H25NO4/c1-18(2)15-6-5-13-7-12(10-21)8-20(13,11-22)19(15,3)9-14(16(18)23)17(24)25-4/h5-6,11-13,15,23H,7-9H2,1-4H3/t12-,13+,15?,19+,20+/m1/s1. The molecule has 5 atom stereocenters. The second-order valence-corrected chi connectivity index (χ2v) is 8.53. The third-order valence-corrected chi connectivity index (χ3v) is 7.11. The number of esters is 1. The number of hydrogen-bond acceptors (Lipinski definition) is 5. The van der Waals surface area contributed by atoms with Crippen molar-refractivity contribution in [1.82, 2.24) is 0 Å². The number of rotatable bonds is 2. The van der Waals surface area contributed by atoms with Crippen LogP contribution in [0.2, 0.25) is 0 Å². The Kier molecular flexibility index (Phi) is 3.87. The van der Waals surface area contributed by atoms with E-state index in [0.717, 1.165) is 6.29 Å². The van der Waals surface area contributed by atoms with E-state index in [-0.39, 0.29) is 35.5 Å². The first-order chi connectivity index (χ1) is 11.7. The molecule has 3 aliphatic rings. The highest BCUT2D eigenvalue weighted by atomic mass is 16.5. The molecule has 5 heteroatoms. The van der Waals surface area contributed by atoms with Crippen molar-refractivity contribution in [2.24, 2.45) is 34.0 Å². The monoisotopic (exact) mass is 343 g/mol. The van der Waals surface area contributed by atoms with E-state index in [4.69, 9.17) is 4.74 Å². The van der Waals surface area contributed by atoms with Crippen LogP contribution in [-0.2, 0) is 14.3 Å². The third-order valence-electron chi connectivity index (χ3n) is 7.11. The molecule has 1 fully saturated rings. The lowest BCUT2D eigenvalue weighted by Gasteiger charge is -2.59. The topological polar surface area (TPSA) is 87.4 Å². The average molecular weight is 343 g/mol. The van der Waals surface area contributed by atoms with Crippen molar-refractivity contribution in [3.05, 3.63) is 23.5 Å². The number of methoxy groups -OCH3 is 1.